The minimum absolute atomic E-state index is 0.0103. The van der Waals surface area contributed by atoms with Gasteiger partial charge in [-0.25, -0.2) is 4.39 Å². The SMILES string of the molecule is CC[C@H](C)[C@@H]([C@@H](CC(=O)N1C[C@H](OC)C[C@H]1[C@H](OC)[C@@H](C)C(=O)N[C@@H](C)C(=O)c1ccc(F)cc1)OC)N(C)C(=O)[C@@H](CC(=O)[C@@H](NC)C(C)C)C(C)C. The number of likely N-dealkylation sites (N-methyl/N-ethyl adjacent to an activating group) is 2. The Balaban J connectivity index is 2.32. The molecule has 0 saturated carbocycles. The van der Waals surface area contributed by atoms with Gasteiger partial charge < -0.3 is 34.6 Å². The van der Waals surface area contributed by atoms with Gasteiger partial charge in [0.05, 0.1) is 54.8 Å². The summed E-state index contributed by atoms with van der Waals surface area (Å²) in [6, 6.07) is 2.88. The van der Waals surface area contributed by atoms with Gasteiger partial charge in [0.15, 0.2) is 11.6 Å². The average Bonchev–Trinajstić information content (AvgIpc) is 3.57. The molecule has 0 unspecified atom stereocenters. The van der Waals surface area contributed by atoms with Gasteiger partial charge >= 0.3 is 0 Å². The first kappa shape index (κ1) is 46.9. The molecule has 0 aliphatic carbocycles. The van der Waals surface area contributed by atoms with Crippen LogP contribution in [0.25, 0.3) is 0 Å². The predicted octanol–water partition coefficient (Wildman–Crippen LogP) is 4.53. The highest BCUT2D eigenvalue weighted by Crippen LogP contribution is 2.31. The van der Waals surface area contributed by atoms with Crippen LogP contribution in [0.3, 0.4) is 0 Å². The Hall–Kier alpha value is -3.26. The second-order valence-corrected chi connectivity index (χ2v) is 15.6. The molecule has 0 bridgehead atoms. The highest BCUT2D eigenvalue weighted by atomic mass is 19.1. The molecule has 1 fully saturated rings. The summed E-state index contributed by atoms with van der Waals surface area (Å²) in [6.07, 6.45) is -0.528. The minimum atomic E-state index is -0.885. The highest BCUT2D eigenvalue weighted by Gasteiger charge is 2.46. The number of amides is 3. The number of halogens is 1. The van der Waals surface area contributed by atoms with Crippen molar-refractivity contribution in [3.05, 3.63) is 35.6 Å². The Kier molecular flexibility index (Phi) is 18.9. The fourth-order valence-corrected chi connectivity index (χ4v) is 7.81. The fraction of sp³-hybridized carbons (Fsp3) is 0.732. The first-order chi connectivity index (χ1) is 25.4. The minimum Gasteiger partial charge on any atom is -0.380 e. The van der Waals surface area contributed by atoms with Crippen molar-refractivity contribution in [1.29, 1.82) is 0 Å². The normalized spacial score (nSPS) is 20.5. The first-order valence-corrected chi connectivity index (χ1v) is 19.3. The van der Waals surface area contributed by atoms with Crippen molar-refractivity contribution in [3.8, 4) is 0 Å². The van der Waals surface area contributed by atoms with Crippen molar-refractivity contribution in [1.82, 2.24) is 20.4 Å². The second-order valence-electron chi connectivity index (χ2n) is 15.6. The summed E-state index contributed by atoms with van der Waals surface area (Å²) in [4.78, 5) is 71.7. The van der Waals surface area contributed by atoms with E-state index in [-0.39, 0.29) is 78.2 Å². The number of nitrogens with zero attached hydrogens (tertiary/aromatic N) is 2. The molecule has 12 nitrogen and oxygen atoms in total. The Morgan fingerprint density at radius 1 is 0.926 bits per heavy atom. The molecule has 10 atom stereocenters. The van der Waals surface area contributed by atoms with Gasteiger partial charge in [-0.1, -0.05) is 54.9 Å². The topological polar surface area (TPSA) is 144 Å². The lowest BCUT2D eigenvalue weighted by atomic mass is 9.84. The molecule has 1 aliphatic heterocycles. The Bertz CT molecular complexity index is 1390. The van der Waals surface area contributed by atoms with E-state index in [0.717, 1.165) is 6.42 Å². The number of ketones is 2. The lowest BCUT2D eigenvalue weighted by Crippen LogP contribution is -2.54. The van der Waals surface area contributed by atoms with Crippen molar-refractivity contribution in [2.75, 3.05) is 42.0 Å². The zero-order chi connectivity index (χ0) is 41.0. The van der Waals surface area contributed by atoms with Crippen molar-refractivity contribution in [3.63, 3.8) is 0 Å². The van der Waals surface area contributed by atoms with Gasteiger partial charge in [-0.05, 0) is 62.4 Å². The van der Waals surface area contributed by atoms with Crippen LogP contribution in [0.1, 0.15) is 91.4 Å². The smallest absolute Gasteiger partial charge is 0.226 e. The maximum Gasteiger partial charge on any atom is 0.226 e. The van der Waals surface area contributed by atoms with Crippen molar-refractivity contribution < 1.29 is 42.6 Å². The number of nitrogens with one attached hydrogen (secondary N) is 2. The molecule has 1 aliphatic rings. The van der Waals surface area contributed by atoms with E-state index in [4.69, 9.17) is 14.2 Å². The van der Waals surface area contributed by atoms with E-state index in [9.17, 15) is 28.4 Å². The summed E-state index contributed by atoms with van der Waals surface area (Å²) in [7, 11) is 8.08. The van der Waals surface area contributed by atoms with Crippen molar-refractivity contribution in [2.45, 2.75) is 124 Å². The number of benzene rings is 1. The van der Waals surface area contributed by atoms with E-state index in [1.54, 1.807) is 44.9 Å². The van der Waals surface area contributed by atoms with Crippen LogP contribution in [0.15, 0.2) is 24.3 Å². The van der Waals surface area contributed by atoms with Gasteiger partial charge in [0, 0.05) is 52.8 Å². The van der Waals surface area contributed by atoms with Crippen LogP contribution in [0, 0.1) is 35.4 Å². The number of methoxy groups -OCH3 is 3. The third-order valence-corrected chi connectivity index (χ3v) is 11.3. The van der Waals surface area contributed by atoms with Gasteiger partial charge in [-0.2, -0.15) is 0 Å². The monoisotopic (exact) mass is 762 g/mol. The van der Waals surface area contributed by atoms with E-state index >= 15 is 0 Å². The van der Waals surface area contributed by atoms with Crippen LogP contribution < -0.4 is 10.6 Å². The van der Waals surface area contributed by atoms with Crippen LogP contribution in [-0.4, -0.2) is 124 Å². The molecule has 1 aromatic carbocycles. The molecule has 0 spiro atoms. The zero-order valence-electron chi connectivity index (χ0n) is 34.8. The van der Waals surface area contributed by atoms with Crippen molar-refractivity contribution in [2.24, 2.45) is 29.6 Å². The van der Waals surface area contributed by atoms with E-state index < -0.39 is 53.9 Å². The largest absolute Gasteiger partial charge is 0.380 e. The Morgan fingerprint density at radius 3 is 2.02 bits per heavy atom. The number of likely N-dealkylation sites (tertiary alicyclic amines) is 1. The van der Waals surface area contributed by atoms with Crippen LogP contribution in [0.5, 0.6) is 0 Å². The molecule has 1 aromatic rings. The summed E-state index contributed by atoms with van der Waals surface area (Å²) >= 11 is 0. The second kappa shape index (κ2) is 21.7. The van der Waals surface area contributed by atoms with E-state index in [2.05, 4.69) is 10.6 Å². The molecule has 1 saturated heterocycles. The van der Waals surface area contributed by atoms with E-state index in [1.165, 1.54) is 38.5 Å². The number of rotatable bonds is 22. The van der Waals surface area contributed by atoms with Gasteiger partial charge in [0.1, 0.15) is 5.82 Å². The standard InChI is InChI=1S/C41H67FN4O8/c1-14-25(6)37(45(10)41(51)31(23(2)3)20-33(47)36(43-9)24(4)5)34(53-12)21-35(48)46-22-30(52-11)19-32(46)39(54-13)26(7)40(50)44-27(8)38(49)28-15-17-29(42)18-16-28/h15-18,23-27,30-32,34,36-37,39,43H,14,19-22H2,1-13H3,(H,44,50)/t25-,26+,27-,30+,31-,32-,34+,36-,37-,39+/m0/s1. The number of carbonyl (C=O) groups excluding carboxylic acids is 5. The summed E-state index contributed by atoms with van der Waals surface area (Å²) in [5.74, 6) is -3.06. The lowest BCUT2D eigenvalue weighted by molar-refractivity contribution is -0.149. The molecular weight excluding hydrogens is 695 g/mol. The summed E-state index contributed by atoms with van der Waals surface area (Å²) in [6.45, 7) is 15.4. The molecule has 54 heavy (non-hydrogen) atoms. The molecule has 0 aromatic heterocycles. The van der Waals surface area contributed by atoms with E-state index in [1.807, 2.05) is 41.5 Å². The Labute approximate surface area is 322 Å². The molecule has 2 rings (SSSR count). The summed E-state index contributed by atoms with van der Waals surface area (Å²) < 4.78 is 31.0. The van der Waals surface area contributed by atoms with Gasteiger partial charge in [-0.3, -0.25) is 24.0 Å². The van der Waals surface area contributed by atoms with E-state index in [0.29, 0.717) is 6.42 Å². The molecule has 0 radical (unpaired) electrons. The number of hydrogen-bond acceptors (Lipinski definition) is 9. The summed E-state index contributed by atoms with van der Waals surface area (Å²) in [5, 5.41) is 5.86. The fourth-order valence-electron chi connectivity index (χ4n) is 7.81. The third-order valence-electron chi connectivity index (χ3n) is 11.3. The zero-order valence-corrected chi connectivity index (χ0v) is 34.8. The molecule has 1 heterocycles. The highest BCUT2D eigenvalue weighted by molar-refractivity contribution is 6.01. The molecule has 2 N–H and O–H groups in total. The van der Waals surface area contributed by atoms with Crippen LogP contribution >= 0.6 is 0 Å². The summed E-state index contributed by atoms with van der Waals surface area (Å²) in [5.41, 5.74) is 0.271. The van der Waals surface area contributed by atoms with Crippen LogP contribution in [0.2, 0.25) is 0 Å². The molecule has 306 valence electrons. The first-order valence-electron chi connectivity index (χ1n) is 19.3. The third kappa shape index (κ3) is 11.9. The molecule has 13 heteroatoms. The molecule has 3 amide bonds. The molecular formula is C41H67FN4O8. The quantitative estimate of drug-likeness (QED) is 0.163. The van der Waals surface area contributed by atoms with Crippen LogP contribution in [-0.2, 0) is 33.4 Å². The number of carbonyl (C=O) groups is 5. The number of ether oxygens (including phenoxy) is 3. The lowest BCUT2D eigenvalue weighted by Gasteiger charge is -2.41. The number of hydrogen-bond donors (Lipinski definition) is 2. The van der Waals surface area contributed by atoms with Gasteiger partial charge in [0.2, 0.25) is 17.7 Å². The van der Waals surface area contributed by atoms with Gasteiger partial charge in [-0.15, -0.1) is 0 Å². The van der Waals surface area contributed by atoms with Gasteiger partial charge in [0.25, 0.3) is 0 Å². The maximum absolute atomic E-state index is 14.3. The maximum atomic E-state index is 14.3. The Morgan fingerprint density at radius 2 is 1.54 bits per heavy atom. The predicted molar refractivity (Wildman–Crippen MR) is 206 cm³/mol. The van der Waals surface area contributed by atoms with Crippen LogP contribution in [0.4, 0.5) is 4.39 Å². The number of Topliss-reactive ketones (excluding diaryl/α,β-unsaturated/α-hetero) is 2. The van der Waals surface area contributed by atoms with Crippen molar-refractivity contribution >= 4 is 29.3 Å². The average molecular weight is 763 g/mol.